The van der Waals surface area contributed by atoms with E-state index in [1.54, 1.807) is 4.90 Å². The number of aliphatic imine (C=N–C) groups is 1. The van der Waals surface area contributed by atoms with Gasteiger partial charge in [0.2, 0.25) is 0 Å². The first-order valence-corrected chi connectivity index (χ1v) is 13.8. The third-order valence-electron chi connectivity index (χ3n) is 6.29. The van der Waals surface area contributed by atoms with Crippen molar-refractivity contribution in [2.75, 3.05) is 6.61 Å². The zero-order chi connectivity index (χ0) is 27.0. The molecule has 1 aliphatic heterocycles. The van der Waals surface area contributed by atoms with Crippen LogP contribution in [0.3, 0.4) is 0 Å². The second-order valence-corrected chi connectivity index (χ2v) is 10.0. The normalized spacial score (nSPS) is 16.1. The summed E-state index contributed by atoms with van der Waals surface area (Å²) < 4.78 is 12.0. The molecule has 1 fully saturated rings. The third-order valence-corrected chi connectivity index (χ3v) is 7.27. The number of hydrogen-bond acceptors (Lipinski definition) is 5. The lowest BCUT2D eigenvalue weighted by molar-refractivity contribution is -0.123. The number of amidine groups is 1. The van der Waals surface area contributed by atoms with Gasteiger partial charge < -0.3 is 9.47 Å². The van der Waals surface area contributed by atoms with Crippen LogP contribution in [0.5, 0.6) is 11.5 Å². The van der Waals surface area contributed by atoms with Gasteiger partial charge in [-0.05, 0) is 72.6 Å². The van der Waals surface area contributed by atoms with Crippen molar-refractivity contribution < 1.29 is 14.3 Å². The minimum Gasteiger partial charge on any atom is -0.490 e. The van der Waals surface area contributed by atoms with Crippen LogP contribution in [0.4, 0.5) is 5.69 Å². The van der Waals surface area contributed by atoms with Crippen LogP contribution < -0.4 is 9.47 Å². The Bertz CT molecular complexity index is 1470. The van der Waals surface area contributed by atoms with E-state index in [9.17, 15) is 4.79 Å². The summed E-state index contributed by atoms with van der Waals surface area (Å²) in [5, 5.41) is 0.654. The van der Waals surface area contributed by atoms with Crippen LogP contribution in [-0.4, -0.2) is 22.6 Å². The average Bonchev–Trinajstić information content (AvgIpc) is 3.27. The Morgan fingerprint density at radius 3 is 2.21 bits per heavy atom. The SMILES string of the molecule is CCOc1cc(/C=C2/SC(=Nc3ccccc3)N([C@H](C)c3ccccc3)C2=O)ccc1OCc1ccccc1. The molecule has 0 bridgehead atoms. The maximum Gasteiger partial charge on any atom is 0.267 e. The molecule has 1 atom stereocenters. The minimum absolute atomic E-state index is 0.0756. The minimum atomic E-state index is -0.174. The number of rotatable bonds is 9. The molecular formula is C33H30N2O3S. The fourth-order valence-corrected chi connectivity index (χ4v) is 5.36. The molecular weight excluding hydrogens is 504 g/mol. The molecule has 1 saturated heterocycles. The lowest BCUT2D eigenvalue weighted by atomic mass is 10.1. The van der Waals surface area contributed by atoms with E-state index in [4.69, 9.17) is 14.5 Å². The van der Waals surface area contributed by atoms with E-state index in [-0.39, 0.29) is 11.9 Å². The average molecular weight is 535 g/mol. The highest BCUT2D eigenvalue weighted by molar-refractivity contribution is 8.18. The van der Waals surface area contributed by atoms with Crippen LogP contribution in [-0.2, 0) is 11.4 Å². The summed E-state index contributed by atoms with van der Waals surface area (Å²) in [4.78, 5) is 21.0. The molecule has 196 valence electrons. The predicted molar refractivity (Wildman–Crippen MR) is 159 cm³/mol. The Balaban J connectivity index is 1.45. The number of nitrogens with zero attached hydrogens (tertiary/aromatic N) is 2. The molecule has 0 N–H and O–H groups in total. The van der Waals surface area contributed by atoms with Crippen LogP contribution in [0.2, 0.25) is 0 Å². The second kappa shape index (κ2) is 12.5. The van der Waals surface area contributed by atoms with E-state index in [1.807, 2.05) is 129 Å². The lowest BCUT2D eigenvalue weighted by Gasteiger charge is -2.24. The third kappa shape index (κ3) is 6.41. The summed E-state index contributed by atoms with van der Waals surface area (Å²) in [6.07, 6.45) is 1.90. The van der Waals surface area contributed by atoms with Crippen molar-refractivity contribution in [1.82, 2.24) is 4.90 Å². The molecule has 5 rings (SSSR count). The Kier molecular flexibility index (Phi) is 8.44. The van der Waals surface area contributed by atoms with E-state index >= 15 is 0 Å². The number of amides is 1. The van der Waals surface area contributed by atoms with Gasteiger partial charge in [-0.3, -0.25) is 9.69 Å². The molecule has 0 aromatic heterocycles. The number of carbonyl (C=O) groups is 1. The summed E-state index contributed by atoms with van der Waals surface area (Å²) in [5.74, 6) is 1.23. The number of benzene rings is 4. The lowest BCUT2D eigenvalue weighted by Crippen LogP contribution is -2.32. The highest BCUT2D eigenvalue weighted by atomic mass is 32.2. The first-order chi connectivity index (χ1) is 19.1. The van der Waals surface area contributed by atoms with Gasteiger partial charge in [0, 0.05) is 0 Å². The molecule has 4 aromatic rings. The van der Waals surface area contributed by atoms with Crippen molar-refractivity contribution in [1.29, 1.82) is 0 Å². The van der Waals surface area contributed by atoms with Crippen LogP contribution in [0.25, 0.3) is 6.08 Å². The Hall–Kier alpha value is -4.29. The van der Waals surface area contributed by atoms with Crippen LogP contribution in [0, 0.1) is 0 Å². The first-order valence-electron chi connectivity index (χ1n) is 13.0. The van der Waals surface area contributed by atoms with E-state index < -0.39 is 0 Å². The quantitative estimate of drug-likeness (QED) is 0.204. The van der Waals surface area contributed by atoms with Gasteiger partial charge >= 0.3 is 0 Å². The van der Waals surface area contributed by atoms with Gasteiger partial charge in [-0.15, -0.1) is 0 Å². The summed E-state index contributed by atoms with van der Waals surface area (Å²) in [6.45, 7) is 4.92. The summed E-state index contributed by atoms with van der Waals surface area (Å²) in [6, 6.07) is 35.3. The maximum atomic E-state index is 13.8. The highest BCUT2D eigenvalue weighted by Gasteiger charge is 2.37. The van der Waals surface area contributed by atoms with Crippen molar-refractivity contribution in [2.45, 2.75) is 26.5 Å². The Morgan fingerprint density at radius 1 is 0.846 bits per heavy atom. The zero-order valence-electron chi connectivity index (χ0n) is 22.0. The molecule has 0 radical (unpaired) electrons. The maximum absolute atomic E-state index is 13.8. The van der Waals surface area contributed by atoms with Crippen molar-refractivity contribution in [3.8, 4) is 11.5 Å². The molecule has 1 amide bonds. The van der Waals surface area contributed by atoms with Crippen molar-refractivity contribution in [2.24, 2.45) is 4.99 Å². The molecule has 0 aliphatic carbocycles. The largest absolute Gasteiger partial charge is 0.490 e. The molecule has 0 saturated carbocycles. The molecule has 5 nitrogen and oxygen atoms in total. The molecule has 1 aliphatic rings. The van der Waals surface area contributed by atoms with E-state index in [2.05, 4.69) is 0 Å². The number of carbonyl (C=O) groups excluding carboxylic acids is 1. The highest BCUT2D eigenvalue weighted by Crippen LogP contribution is 2.40. The monoisotopic (exact) mass is 534 g/mol. The summed E-state index contributed by atoms with van der Waals surface area (Å²) in [5.41, 5.74) is 3.79. The van der Waals surface area contributed by atoms with Crippen molar-refractivity contribution in [3.63, 3.8) is 0 Å². The number of thioether (sulfide) groups is 1. The second-order valence-electron chi connectivity index (χ2n) is 9.02. The fourth-order valence-electron chi connectivity index (χ4n) is 4.29. The van der Waals surface area contributed by atoms with Gasteiger partial charge in [-0.2, -0.15) is 0 Å². The van der Waals surface area contributed by atoms with Gasteiger partial charge in [0.25, 0.3) is 5.91 Å². The Labute approximate surface area is 233 Å². The Morgan fingerprint density at radius 2 is 1.51 bits per heavy atom. The molecule has 1 heterocycles. The van der Waals surface area contributed by atoms with Gasteiger partial charge in [0.15, 0.2) is 16.7 Å². The van der Waals surface area contributed by atoms with Gasteiger partial charge in [0.1, 0.15) is 6.61 Å². The molecule has 39 heavy (non-hydrogen) atoms. The van der Waals surface area contributed by atoms with Gasteiger partial charge in [-0.1, -0.05) is 84.9 Å². The van der Waals surface area contributed by atoms with Gasteiger partial charge in [-0.25, -0.2) is 4.99 Å². The van der Waals surface area contributed by atoms with E-state index in [0.29, 0.717) is 34.8 Å². The van der Waals surface area contributed by atoms with Crippen LogP contribution in [0.1, 0.15) is 36.6 Å². The van der Waals surface area contributed by atoms with Crippen LogP contribution in [0.15, 0.2) is 119 Å². The first kappa shape index (κ1) is 26.3. The standard InChI is InChI=1S/C33H30N2O3S/c1-3-37-30-21-26(19-20-29(30)38-23-25-13-7-4-8-14-25)22-31-32(36)35(24(2)27-15-9-5-10-16-27)33(39-31)34-28-17-11-6-12-18-28/h4-22,24H,3,23H2,1-2H3/b31-22+,34-33?/t24-/m1/s1. The zero-order valence-corrected chi connectivity index (χ0v) is 22.8. The number of ether oxygens (including phenoxy) is 2. The summed E-state index contributed by atoms with van der Waals surface area (Å²) in [7, 11) is 0. The van der Waals surface area contributed by atoms with Crippen molar-refractivity contribution >= 4 is 34.6 Å². The van der Waals surface area contributed by atoms with E-state index in [1.165, 1.54) is 11.8 Å². The molecule has 6 heteroatoms. The fraction of sp³-hybridized carbons (Fsp3) is 0.152. The summed E-state index contributed by atoms with van der Waals surface area (Å²) >= 11 is 1.39. The molecule has 4 aromatic carbocycles. The van der Waals surface area contributed by atoms with Crippen LogP contribution >= 0.6 is 11.8 Å². The number of para-hydroxylation sites is 1. The predicted octanol–water partition coefficient (Wildman–Crippen LogP) is 8.03. The molecule has 0 spiro atoms. The van der Waals surface area contributed by atoms with E-state index in [0.717, 1.165) is 22.4 Å². The van der Waals surface area contributed by atoms with Gasteiger partial charge in [0.05, 0.1) is 23.2 Å². The smallest absolute Gasteiger partial charge is 0.267 e. The number of hydrogen-bond donors (Lipinski definition) is 0. The topological polar surface area (TPSA) is 51.1 Å². The molecule has 0 unspecified atom stereocenters. The van der Waals surface area contributed by atoms with Crippen molar-refractivity contribution in [3.05, 3.63) is 131 Å².